The van der Waals surface area contributed by atoms with Gasteiger partial charge in [0, 0.05) is 16.7 Å². The molecule has 125 valence electrons. The van der Waals surface area contributed by atoms with Crippen molar-refractivity contribution in [1.29, 1.82) is 0 Å². The number of hydrogen-bond acceptors (Lipinski definition) is 3. The third-order valence-corrected chi connectivity index (χ3v) is 4.26. The molecule has 1 heterocycles. The lowest BCUT2D eigenvalue weighted by atomic mass is 10.0. The van der Waals surface area contributed by atoms with Gasteiger partial charge in [-0.2, -0.15) is 0 Å². The van der Waals surface area contributed by atoms with Gasteiger partial charge in [-0.15, -0.1) is 0 Å². The van der Waals surface area contributed by atoms with Crippen LogP contribution in [0.15, 0.2) is 94.9 Å². The molecule has 0 fully saturated rings. The molecule has 0 amide bonds. The van der Waals surface area contributed by atoms with Gasteiger partial charge in [-0.05, 0) is 6.07 Å². The van der Waals surface area contributed by atoms with Crippen LogP contribution in [0.5, 0.6) is 0 Å². The van der Waals surface area contributed by atoms with E-state index in [-0.39, 0.29) is 5.56 Å². The van der Waals surface area contributed by atoms with Crippen LogP contribution in [0.4, 0.5) is 4.39 Å². The molecule has 3 aromatic rings. The number of aliphatic imine (C=N–C) groups is 2. The van der Waals surface area contributed by atoms with Crippen molar-refractivity contribution in [3.05, 3.63) is 107 Å². The highest BCUT2D eigenvalue weighted by Gasteiger charge is 2.41. The van der Waals surface area contributed by atoms with Crippen LogP contribution in [0.2, 0.25) is 0 Å². The Bertz CT molecular complexity index is 955. The molecule has 0 atom stereocenters. The van der Waals surface area contributed by atoms with E-state index in [1.165, 1.54) is 12.1 Å². The zero-order chi connectivity index (χ0) is 18.0. The van der Waals surface area contributed by atoms with Crippen molar-refractivity contribution >= 4 is 17.7 Å². The number of hydrogen-bond donors (Lipinski definition) is 0. The van der Waals surface area contributed by atoms with Gasteiger partial charge >= 0.3 is 0 Å². The van der Waals surface area contributed by atoms with Crippen LogP contribution in [-0.2, 0) is 10.5 Å². The van der Waals surface area contributed by atoms with Crippen LogP contribution in [0.3, 0.4) is 0 Å². The van der Waals surface area contributed by atoms with Crippen LogP contribution < -0.4 is 0 Å². The van der Waals surface area contributed by atoms with E-state index in [0.717, 1.165) is 11.1 Å². The van der Waals surface area contributed by atoms with Crippen molar-refractivity contribution in [3.8, 4) is 0 Å². The van der Waals surface area contributed by atoms with Gasteiger partial charge in [-0.3, -0.25) is 4.79 Å². The summed E-state index contributed by atoms with van der Waals surface area (Å²) in [5.74, 6) is -0.537. The fourth-order valence-corrected chi connectivity index (χ4v) is 3.01. The van der Waals surface area contributed by atoms with Crippen LogP contribution in [-0.4, -0.2) is 17.7 Å². The van der Waals surface area contributed by atoms with E-state index in [1.54, 1.807) is 12.1 Å². The first-order chi connectivity index (χ1) is 12.7. The molecule has 1 aliphatic rings. The Balaban J connectivity index is 1.97. The first kappa shape index (κ1) is 16.1. The standard InChI is InChI=1S/C22H14FN2O/c23-19-14-8-7-13-18(19)22(15-26)24-20(16-9-3-1-4-10-16)21(25-22)17-11-5-2-6-12-17/h1-14H. The van der Waals surface area contributed by atoms with Gasteiger partial charge in [0.05, 0.1) is 11.4 Å². The van der Waals surface area contributed by atoms with Gasteiger partial charge in [-0.25, -0.2) is 14.4 Å². The molecule has 0 spiro atoms. The molecule has 1 aliphatic heterocycles. The Morgan fingerprint density at radius 2 is 1.15 bits per heavy atom. The lowest BCUT2D eigenvalue weighted by molar-refractivity contribution is 0.489. The SMILES string of the molecule is O=[C]C1(c2ccccc2F)N=C(c2ccccc2)C(c2ccccc2)=N1. The molecule has 3 aromatic carbocycles. The second kappa shape index (κ2) is 6.48. The number of rotatable bonds is 4. The summed E-state index contributed by atoms with van der Waals surface area (Å²) >= 11 is 0. The van der Waals surface area contributed by atoms with E-state index in [0.29, 0.717) is 11.4 Å². The molecule has 26 heavy (non-hydrogen) atoms. The molecule has 4 rings (SSSR count). The Hall–Kier alpha value is -3.40. The van der Waals surface area contributed by atoms with Gasteiger partial charge in [0.15, 0.2) is 0 Å². The average molecular weight is 341 g/mol. The van der Waals surface area contributed by atoms with Crippen molar-refractivity contribution in [2.24, 2.45) is 9.98 Å². The third-order valence-electron chi connectivity index (χ3n) is 4.26. The van der Waals surface area contributed by atoms with E-state index >= 15 is 0 Å². The predicted octanol–water partition coefficient (Wildman–Crippen LogP) is 4.08. The Morgan fingerprint density at radius 3 is 1.62 bits per heavy atom. The highest BCUT2D eigenvalue weighted by atomic mass is 19.1. The second-order valence-electron chi connectivity index (χ2n) is 5.91. The Morgan fingerprint density at radius 1 is 0.692 bits per heavy atom. The summed E-state index contributed by atoms with van der Waals surface area (Å²) in [6.45, 7) is 0. The summed E-state index contributed by atoms with van der Waals surface area (Å²) in [6.07, 6.45) is 1.87. The minimum atomic E-state index is -1.73. The van der Waals surface area contributed by atoms with E-state index in [4.69, 9.17) is 0 Å². The molecule has 0 saturated carbocycles. The summed E-state index contributed by atoms with van der Waals surface area (Å²) in [4.78, 5) is 21.0. The molecule has 1 radical (unpaired) electrons. The Kier molecular flexibility index (Phi) is 4.01. The maximum absolute atomic E-state index is 14.4. The molecule has 3 nitrogen and oxygen atoms in total. The molecule has 0 aliphatic carbocycles. The fourth-order valence-electron chi connectivity index (χ4n) is 3.01. The lowest BCUT2D eigenvalue weighted by Gasteiger charge is -2.15. The van der Waals surface area contributed by atoms with Crippen molar-refractivity contribution < 1.29 is 9.18 Å². The van der Waals surface area contributed by atoms with Gasteiger partial charge in [0.1, 0.15) is 5.82 Å². The fraction of sp³-hybridized carbons (Fsp3) is 0.0455. The Labute approximate surface area is 150 Å². The van der Waals surface area contributed by atoms with Gasteiger partial charge in [0.2, 0.25) is 5.66 Å². The molecular formula is C22H14FN2O. The van der Waals surface area contributed by atoms with Crippen LogP contribution in [0, 0.1) is 5.82 Å². The quantitative estimate of drug-likeness (QED) is 0.705. The van der Waals surface area contributed by atoms with Crippen LogP contribution in [0.25, 0.3) is 0 Å². The van der Waals surface area contributed by atoms with E-state index in [2.05, 4.69) is 9.98 Å². The normalized spacial score (nSPS) is 15.3. The monoisotopic (exact) mass is 341 g/mol. The first-order valence-electron chi connectivity index (χ1n) is 8.19. The molecule has 0 bridgehead atoms. The van der Waals surface area contributed by atoms with Crippen molar-refractivity contribution in [3.63, 3.8) is 0 Å². The third kappa shape index (κ3) is 2.65. The molecule has 0 aromatic heterocycles. The van der Waals surface area contributed by atoms with Crippen molar-refractivity contribution in [2.75, 3.05) is 0 Å². The number of nitrogens with zero attached hydrogens (tertiary/aromatic N) is 2. The van der Waals surface area contributed by atoms with E-state index in [1.807, 2.05) is 66.9 Å². The van der Waals surface area contributed by atoms with Crippen molar-refractivity contribution in [2.45, 2.75) is 5.66 Å². The number of carbonyl (C=O) groups excluding carboxylic acids is 1. The van der Waals surface area contributed by atoms with Gasteiger partial charge in [0.25, 0.3) is 6.29 Å². The minimum Gasteiger partial charge on any atom is -0.285 e. The lowest BCUT2D eigenvalue weighted by Crippen LogP contribution is -2.22. The topological polar surface area (TPSA) is 41.8 Å². The van der Waals surface area contributed by atoms with Gasteiger partial charge < -0.3 is 0 Å². The molecular weight excluding hydrogens is 327 g/mol. The molecule has 0 unspecified atom stereocenters. The van der Waals surface area contributed by atoms with Gasteiger partial charge in [-0.1, -0.05) is 78.9 Å². The highest BCUT2D eigenvalue weighted by Crippen LogP contribution is 2.34. The highest BCUT2D eigenvalue weighted by molar-refractivity contribution is 6.54. The van der Waals surface area contributed by atoms with Crippen molar-refractivity contribution in [1.82, 2.24) is 0 Å². The molecule has 0 N–H and O–H groups in total. The first-order valence-corrected chi connectivity index (χ1v) is 8.19. The zero-order valence-corrected chi connectivity index (χ0v) is 13.8. The summed E-state index contributed by atoms with van der Waals surface area (Å²) in [6, 6.07) is 24.9. The summed E-state index contributed by atoms with van der Waals surface area (Å²) in [5, 5.41) is 0. The maximum atomic E-state index is 14.4. The number of benzene rings is 3. The zero-order valence-electron chi connectivity index (χ0n) is 13.8. The molecule has 0 saturated heterocycles. The average Bonchev–Trinajstić information content (AvgIpc) is 3.11. The maximum Gasteiger partial charge on any atom is 0.258 e. The smallest absolute Gasteiger partial charge is 0.258 e. The van der Waals surface area contributed by atoms with Crippen LogP contribution >= 0.6 is 0 Å². The van der Waals surface area contributed by atoms with Crippen LogP contribution in [0.1, 0.15) is 16.7 Å². The van der Waals surface area contributed by atoms with E-state index in [9.17, 15) is 9.18 Å². The largest absolute Gasteiger partial charge is 0.285 e. The second-order valence-corrected chi connectivity index (χ2v) is 5.91. The number of halogens is 1. The van der Waals surface area contributed by atoms with E-state index < -0.39 is 11.5 Å². The predicted molar refractivity (Wildman–Crippen MR) is 99.7 cm³/mol. The summed E-state index contributed by atoms with van der Waals surface area (Å²) in [5.41, 5.74) is 1.06. The molecule has 4 heteroatoms. The summed E-state index contributed by atoms with van der Waals surface area (Å²) < 4.78 is 14.4. The summed E-state index contributed by atoms with van der Waals surface area (Å²) in [7, 11) is 0. The minimum absolute atomic E-state index is 0.0920.